The first-order valence-corrected chi connectivity index (χ1v) is 4.47. The second kappa shape index (κ2) is 4.84. The van der Waals surface area contributed by atoms with E-state index in [1.165, 1.54) is 18.0 Å². The van der Waals surface area contributed by atoms with Gasteiger partial charge in [-0.2, -0.15) is 0 Å². The molecular formula is C10H12F2N2O. The Morgan fingerprint density at radius 1 is 1.40 bits per heavy atom. The first-order chi connectivity index (χ1) is 7.07. The zero-order valence-corrected chi connectivity index (χ0v) is 8.34. The van der Waals surface area contributed by atoms with Crippen molar-refractivity contribution in [2.45, 2.75) is 0 Å². The van der Waals surface area contributed by atoms with E-state index in [-0.39, 0.29) is 13.1 Å². The van der Waals surface area contributed by atoms with E-state index < -0.39 is 23.1 Å². The molecule has 1 aromatic rings. The van der Waals surface area contributed by atoms with Crippen LogP contribution in [0.3, 0.4) is 0 Å². The van der Waals surface area contributed by atoms with Gasteiger partial charge >= 0.3 is 0 Å². The smallest absolute Gasteiger partial charge is 0.259 e. The lowest BCUT2D eigenvalue weighted by Crippen LogP contribution is -2.32. The van der Waals surface area contributed by atoms with Crippen molar-refractivity contribution >= 4 is 5.91 Å². The third-order valence-electron chi connectivity index (χ3n) is 1.99. The number of halogens is 2. The first-order valence-electron chi connectivity index (χ1n) is 4.47. The van der Waals surface area contributed by atoms with Crippen LogP contribution in [0.5, 0.6) is 0 Å². The molecule has 0 heterocycles. The molecule has 0 saturated carbocycles. The van der Waals surface area contributed by atoms with Crippen LogP contribution in [0.25, 0.3) is 0 Å². The number of carbonyl (C=O) groups is 1. The number of hydrogen-bond donors (Lipinski definition) is 1. The number of amides is 1. The van der Waals surface area contributed by atoms with Gasteiger partial charge in [0.25, 0.3) is 5.91 Å². The van der Waals surface area contributed by atoms with Gasteiger partial charge in [0.1, 0.15) is 17.2 Å². The fourth-order valence-corrected chi connectivity index (χ4v) is 1.19. The minimum absolute atomic E-state index is 0.248. The van der Waals surface area contributed by atoms with Gasteiger partial charge in [0.05, 0.1) is 0 Å². The molecule has 0 aromatic heterocycles. The SMILES string of the molecule is CN(CCN)C(=O)c1c(F)cccc1F. The third-order valence-corrected chi connectivity index (χ3v) is 1.99. The normalized spacial score (nSPS) is 10.1. The molecule has 1 rings (SSSR count). The van der Waals surface area contributed by atoms with Gasteiger partial charge in [-0.3, -0.25) is 4.79 Å². The van der Waals surface area contributed by atoms with E-state index >= 15 is 0 Å². The summed E-state index contributed by atoms with van der Waals surface area (Å²) >= 11 is 0. The molecule has 0 radical (unpaired) electrons. The molecule has 0 aliphatic rings. The summed E-state index contributed by atoms with van der Waals surface area (Å²) in [5.41, 5.74) is 4.71. The highest BCUT2D eigenvalue weighted by atomic mass is 19.1. The van der Waals surface area contributed by atoms with Crippen LogP contribution in [0.2, 0.25) is 0 Å². The maximum Gasteiger partial charge on any atom is 0.259 e. The van der Waals surface area contributed by atoms with E-state index in [2.05, 4.69) is 0 Å². The predicted octanol–water partition coefficient (Wildman–Crippen LogP) is 0.995. The number of hydrogen-bond acceptors (Lipinski definition) is 2. The molecule has 0 atom stereocenters. The molecule has 0 aliphatic heterocycles. The van der Waals surface area contributed by atoms with Crippen molar-refractivity contribution in [3.8, 4) is 0 Å². The van der Waals surface area contributed by atoms with Crippen LogP contribution in [0, 0.1) is 11.6 Å². The zero-order chi connectivity index (χ0) is 11.4. The van der Waals surface area contributed by atoms with Crippen LogP contribution in [0.4, 0.5) is 8.78 Å². The van der Waals surface area contributed by atoms with Crippen molar-refractivity contribution in [2.75, 3.05) is 20.1 Å². The highest BCUT2D eigenvalue weighted by Gasteiger charge is 2.19. The summed E-state index contributed by atoms with van der Waals surface area (Å²) in [6.07, 6.45) is 0. The maximum atomic E-state index is 13.2. The Hall–Kier alpha value is -1.49. The van der Waals surface area contributed by atoms with Gasteiger partial charge in [-0.25, -0.2) is 8.78 Å². The summed E-state index contributed by atoms with van der Waals surface area (Å²) in [5.74, 6) is -2.41. The third kappa shape index (κ3) is 2.50. The number of carbonyl (C=O) groups excluding carboxylic acids is 1. The lowest BCUT2D eigenvalue weighted by molar-refractivity contribution is 0.0789. The molecular weight excluding hydrogens is 202 g/mol. The Labute approximate surface area is 86.5 Å². The van der Waals surface area contributed by atoms with Crippen molar-refractivity contribution in [3.63, 3.8) is 0 Å². The van der Waals surface area contributed by atoms with Crippen molar-refractivity contribution < 1.29 is 13.6 Å². The van der Waals surface area contributed by atoms with Crippen LogP contribution in [-0.4, -0.2) is 30.9 Å². The molecule has 3 nitrogen and oxygen atoms in total. The Bertz CT molecular complexity index is 348. The predicted molar refractivity (Wildman–Crippen MR) is 52.4 cm³/mol. The van der Waals surface area contributed by atoms with Crippen LogP contribution < -0.4 is 5.73 Å². The number of benzene rings is 1. The van der Waals surface area contributed by atoms with Gasteiger partial charge in [0.2, 0.25) is 0 Å². The van der Waals surface area contributed by atoms with Gasteiger partial charge < -0.3 is 10.6 Å². The minimum atomic E-state index is -0.858. The maximum absolute atomic E-state index is 13.2. The standard InChI is InChI=1S/C10H12F2N2O/c1-14(6-5-13)10(15)9-7(11)3-2-4-8(9)12/h2-4H,5-6,13H2,1H3. The van der Waals surface area contributed by atoms with Gasteiger partial charge in [0.15, 0.2) is 0 Å². The van der Waals surface area contributed by atoms with E-state index in [4.69, 9.17) is 5.73 Å². The molecule has 0 saturated heterocycles. The highest BCUT2D eigenvalue weighted by Crippen LogP contribution is 2.13. The second-order valence-corrected chi connectivity index (χ2v) is 3.11. The molecule has 0 fully saturated rings. The van der Waals surface area contributed by atoms with E-state index in [0.29, 0.717) is 0 Å². The van der Waals surface area contributed by atoms with Crippen molar-refractivity contribution in [2.24, 2.45) is 5.73 Å². The molecule has 0 spiro atoms. The van der Waals surface area contributed by atoms with Crippen LogP contribution in [-0.2, 0) is 0 Å². The summed E-state index contributed by atoms with van der Waals surface area (Å²) in [6.45, 7) is 0.505. The Morgan fingerprint density at radius 3 is 2.40 bits per heavy atom. The highest BCUT2D eigenvalue weighted by molar-refractivity contribution is 5.94. The first kappa shape index (κ1) is 11.6. The fraction of sp³-hybridized carbons (Fsp3) is 0.300. The summed E-state index contributed by atoms with van der Waals surface area (Å²) < 4.78 is 26.4. The molecule has 5 heteroatoms. The summed E-state index contributed by atoms with van der Waals surface area (Å²) in [5, 5.41) is 0. The monoisotopic (exact) mass is 214 g/mol. The largest absolute Gasteiger partial charge is 0.340 e. The average Bonchev–Trinajstić information content (AvgIpc) is 2.17. The average molecular weight is 214 g/mol. The van der Waals surface area contributed by atoms with Crippen LogP contribution in [0.1, 0.15) is 10.4 Å². The molecule has 0 unspecified atom stereocenters. The number of nitrogens with zero attached hydrogens (tertiary/aromatic N) is 1. The minimum Gasteiger partial charge on any atom is -0.340 e. The second-order valence-electron chi connectivity index (χ2n) is 3.11. The lowest BCUT2D eigenvalue weighted by Gasteiger charge is -2.16. The number of likely N-dealkylation sites (N-methyl/N-ethyl adjacent to an activating group) is 1. The Balaban J connectivity index is 3.00. The molecule has 1 amide bonds. The Morgan fingerprint density at radius 2 is 1.93 bits per heavy atom. The van der Waals surface area contributed by atoms with Gasteiger partial charge in [-0.05, 0) is 12.1 Å². The molecule has 2 N–H and O–H groups in total. The quantitative estimate of drug-likeness (QED) is 0.815. The van der Waals surface area contributed by atoms with E-state index in [0.717, 1.165) is 12.1 Å². The van der Waals surface area contributed by atoms with E-state index in [1.54, 1.807) is 0 Å². The van der Waals surface area contributed by atoms with Crippen molar-refractivity contribution in [1.29, 1.82) is 0 Å². The van der Waals surface area contributed by atoms with Crippen LogP contribution >= 0.6 is 0 Å². The summed E-state index contributed by atoms with van der Waals surface area (Å²) in [4.78, 5) is 12.7. The summed E-state index contributed by atoms with van der Waals surface area (Å²) in [7, 11) is 1.45. The Kier molecular flexibility index (Phi) is 3.74. The van der Waals surface area contributed by atoms with E-state index in [9.17, 15) is 13.6 Å². The molecule has 0 aliphatic carbocycles. The van der Waals surface area contributed by atoms with Gasteiger partial charge in [-0.1, -0.05) is 6.07 Å². The van der Waals surface area contributed by atoms with Gasteiger partial charge in [0, 0.05) is 20.1 Å². The number of rotatable bonds is 3. The zero-order valence-electron chi connectivity index (χ0n) is 8.34. The van der Waals surface area contributed by atoms with Crippen molar-refractivity contribution in [3.05, 3.63) is 35.4 Å². The van der Waals surface area contributed by atoms with E-state index in [1.807, 2.05) is 0 Å². The van der Waals surface area contributed by atoms with Crippen molar-refractivity contribution in [1.82, 2.24) is 4.90 Å². The van der Waals surface area contributed by atoms with Crippen LogP contribution in [0.15, 0.2) is 18.2 Å². The summed E-state index contributed by atoms with van der Waals surface area (Å²) in [6, 6.07) is 3.31. The number of nitrogens with two attached hydrogens (primary N) is 1. The van der Waals surface area contributed by atoms with Gasteiger partial charge in [-0.15, -0.1) is 0 Å². The fourth-order valence-electron chi connectivity index (χ4n) is 1.19. The molecule has 15 heavy (non-hydrogen) atoms. The topological polar surface area (TPSA) is 46.3 Å². The molecule has 82 valence electrons. The molecule has 0 bridgehead atoms. The molecule has 1 aromatic carbocycles. The lowest BCUT2D eigenvalue weighted by atomic mass is 10.1.